The maximum Gasteiger partial charge on any atom is 0.191 e. The SMILES string of the molecule is CCCNc1cccc(COc2c(F)cccc2F)n1. The van der Waals surface area contributed by atoms with Crippen LogP contribution in [-0.4, -0.2) is 11.5 Å². The summed E-state index contributed by atoms with van der Waals surface area (Å²) in [6.45, 7) is 2.89. The first kappa shape index (κ1) is 14.2. The Morgan fingerprint density at radius 1 is 1.10 bits per heavy atom. The highest BCUT2D eigenvalue weighted by atomic mass is 19.1. The standard InChI is InChI=1S/C15H16F2N2O/c1-2-9-18-14-8-3-5-11(19-14)10-20-15-12(16)6-4-7-13(15)17/h3-8H,2,9-10H2,1H3,(H,18,19). The molecule has 1 aromatic heterocycles. The predicted octanol–water partition coefficient (Wildman–Crippen LogP) is 3.76. The Balaban J connectivity index is 2.03. The van der Waals surface area contributed by atoms with Crippen LogP contribution in [0.2, 0.25) is 0 Å². The molecule has 0 saturated heterocycles. The molecule has 2 aromatic rings. The number of benzene rings is 1. The van der Waals surface area contributed by atoms with Crippen molar-refractivity contribution >= 4 is 5.82 Å². The maximum absolute atomic E-state index is 13.4. The molecule has 0 aliphatic rings. The molecule has 0 unspecified atom stereocenters. The molecule has 106 valence electrons. The minimum atomic E-state index is -0.717. The zero-order valence-corrected chi connectivity index (χ0v) is 11.2. The summed E-state index contributed by atoms with van der Waals surface area (Å²) in [5, 5.41) is 3.14. The van der Waals surface area contributed by atoms with Crippen LogP contribution in [0.5, 0.6) is 5.75 Å². The number of pyridine rings is 1. The highest BCUT2D eigenvalue weighted by molar-refractivity contribution is 5.35. The number of aromatic nitrogens is 1. The summed E-state index contributed by atoms with van der Waals surface area (Å²) in [5.74, 6) is -1.08. The maximum atomic E-state index is 13.4. The van der Waals surface area contributed by atoms with Crippen LogP contribution in [0, 0.1) is 11.6 Å². The molecule has 1 N–H and O–H groups in total. The summed E-state index contributed by atoms with van der Waals surface area (Å²) >= 11 is 0. The van der Waals surface area contributed by atoms with Gasteiger partial charge in [0.15, 0.2) is 17.4 Å². The van der Waals surface area contributed by atoms with Crippen LogP contribution in [0.4, 0.5) is 14.6 Å². The van der Waals surface area contributed by atoms with E-state index in [1.54, 1.807) is 6.07 Å². The van der Waals surface area contributed by atoms with Crippen LogP contribution in [-0.2, 0) is 6.61 Å². The third kappa shape index (κ3) is 3.66. The molecular weight excluding hydrogens is 262 g/mol. The molecule has 0 atom stereocenters. The van der Waals surface area contributed by atoms with Crippen molar-refractivity contribution in [2.75, 3.05) is 11.9 Å². The predicted molar refractivity (Wildman–Crippen MR) is 73.7 cm³/mol. The molecule has 0 bridgehead atoms. The topological polar surface area (TPSA) is 34.1 Å². The van der Waals surface area contributed by atoms with Gasteiger partial charge in [-0.05, 0) is 30.7 Å². The fourth-order valence-corrected chi connectivity index (χ4v) is 1.68. The third-order valence-electron chi connectivity index (χ3n) is 2.65. The molecule has 0 aliphatic carbocycles. The van der Waals surface area contributed by atoms with Crippen molar-refractivity contribution in [2.45, 2.75) is 20.0 Å². The van der Waals surface area contributed by atoms with Gasteiger partial charge in [-0.15, -0.1) is 0 Å². The average Bonchev–Trinajstić information content (AvgIpc) is 2.45. The van der Waals surface area contributed by atoms with Crippen molar-refractivity contribution in [1.82, 2.24) is 4.98 Å². The van der Waals surface area contributed by atoms with Crippen molar-refractivity contribution in [2.24, 2.45) is 0 Å². The number of nitrogens with one attached hydrogen (secondary N) is 1. The van der Waals surface area contributed by atoms with Crippen LogP contribution < -0.4 is 10.1 Å². The van der Waals surface area contributed by atoms with E-state index < -0.39 is 11.6 Å². The van der Waals surface area contributed by atoms with E-state index in [4.69, 9.17) is 4.74 Å². The van der Waals surface area contributed by atoms with Crippen molar-refractivity contribution in [1.29, 1.82) is 0 Å². The van der Waals surface area contributed by atoms with Crippen molar-refractivity contribution in [3.63, 3.8) is 0 Å². The monoisotopic (exact) mass is 278 g/mol. The molecule has 2 rings (SSSR count). The van der Waals surface area contributed by atoms with Crippen molar-refractivity contribution < 1.29 is 13.5 Å². The Hall–Kier alpha value is -2.17. The molecule has 0 spiro atoms. The number of ether oxygens (including phenoxy) is 1. The number of anilines is 1. The van der Waals surface area contributed by atoms with E-state index in [9.17, 15) is 8.78 Å². The first-order valence-electron chi connectivity index (χ1n) is 6.47. The van der Waals surface area contributed by atoms with Gasteiger partial charge in [0.1, 0.15) is 12.4 Å². The lowest BCUT2D eigenvalue weighted by atomic mass is 10.3. The third-order valence-corrected chi connectivity index (χ3v) is 2.65. The van der Waals surface area contributed by atoms with Gasteiger partial charge in [-0.3, -0.25) is 0 Å². The molecule has 0 fully saturated rings. The van der Waals surface area contributed by atoms with E-state index in [1.807, 2.05) is 12.1 Å². The van der Waals surface area contributed by atoms with Gasteiger partial charge >= 0.3 is 0 Å². The molecule has 0 aliphatic heterocycles. The number of hydrogen-bond donors (Lipinski definition) is 1. The van der Waals surface area contributed by atoms with E-state index in [0.717, 1.165) is 30.9 Å². The van der Waals surface area contributed by atoms with Gasteiger partial charge in [-0.1, -0.05) is 19.1 Å². The van der Waals surface area contributed by atoms with Crippen LogP contribution in [0.25, 0.3) is 0 Å². The summed E-state index contributed by atoms with van der Waals surface area (Å²) in [7, 11) is 0. The minimum Gasteiger partial charge on any atom is -0.481 e. The number of para-hydroxylation sites is 1. The van der Waals surface area contributed by atoms with Crippen molar-refractivity contribution in [3.05, 3.63) is 53.7 Å². The van der Waals surface area contributed by atoms with Gasteiger partial charge in [0.2, 0.25) is 0 Å². The lowest BCUT2D eigenvalue weighted by Crippen LogP contribution is -2.05. The highest BCUT2D eigenvalue weighted by Gasteiger charge is 2.10. The number of halogens is 2. The van der Waals surface area contributed by atoms with Gasteiger partial charge in [0.05, 0.1) is 5.69 Å². The van der Waals surface area contributed by atoms with Gasteiger partial charge in [-0.2, -0.15) is 0 Å². The fraction of sp³-hybridized carbons (Fsp3) is 0.267. The Morgan fingerprint density at radius 3 is 2.50 bits per heavy atom. The Labute approximate surface area is 116 Å². The molecule has 1 heterocycles. The van der Waals surface area contributed by atoms with Crippen LogP contribution >= 0.6 is 0 Å². The number of rotatable bonds is 6. The van der Waals surface area contributed by atoms with Crippen LogP contribution in [0.1, 0.15) is 19.0 Å². The molecule has 0 amide bonds. The molecule has 0 radical (unpaired) electrons. The second-order valence-electron chi connectivity index (χ2n) is 4.28. The van der Waals surface area contributed by atoms with Crippen LogP contribution in [0.3, 0.4) is 0 Å². The highest BCUT2D eigenvalue weighted by Crippen LogP contribution is 2.21. The lowest BCUT2D eigenvalue weighted by molar-refractivity contribution is 0.270. The van der Waals surface area contributed by atoms with Gasteiger partial charge in [0.25, 0.3) is 0 Å². The molecule has 0 saturated carbocycles. The molecule has 1 aromatic carbocycles. The number of nitrogens with zero attached hydrogens (tertiary/aromatic N) is 1. The quantitative estimate of drug-likeness (QED) is 0.873. The van der Waals surface area contributed by atoms with E-state index >= 15 is 0 Å². The fourth-order valence-electron chi connectivity index (χ4n) is 1.68. The largest absolute Gasteiger partial charge is 0.481 e. The molecule has 3 nitrogen and oxygen atoms in total. The summed E-state index contributed by atoms with van der Waals surface area (Å²) in [4.78, 5) is 4.30. The summed E-state index contributed by atoms with van der Waals surface area (Å²) < 4.78 is 32.0. The molecule has 20 heavy (non-hydrogen) atoms. The summed E-state index contributed by atoms with van der Waals surface area (Å²) in [5.41, 5.74) is 0.605. The number of hydrogen-bond acceptors (Lipinski definition) is 3. The Bertz CT molecular complexity index is 555. The van der Waals surface area contributed by atoms with E-state index in [1.165, 1.54) is 6.07 Å². The van der Waals surface area contributed by atoms with Gasteiger partial charge in [0, 0.05) is 6.54 Å². The Morgan fingerprint density at radius 2 is 1.80 bits per heavy atom. The smallest absolute Gasteiger partial charge is 0.191 e. The first-order chi connectivity index (χ1) is 9.70. The van der Waals surface area contributed by atoms with Gasteiger partial charge < -0.3 is 10.1 Å². The average molecular weight is 278 g/mol. The molecular formula is C15H16F2N2O. The lowest BCUT2D eigenvalue weighted by Gasteiger charge is -2.09. The first-order valence-corrected chi connectivity index (χ1v) is 6.47. The summed E-state index contributed by atoms with van der Waals surface area (Å²) in [6.07, 6.45) is 0.989. The van der Waals surface area contributed by atoms with E-state index in [0.29, 0.717) is 5.69 Å². The minimum absolute atomic E-state index is 0.0134. The van der Waals surface area contributed by atoms with Gasteiger partial charge in [-0.25, -0.2) is 13.8 Å². The second-order valence-corrected chi connectivity index (χ2v) is 4.28. The van der Waals surface area contributed by atoms with Crippen molar-refractivity contribution in [3.8, 4) is 5.75 Å². The Kier molecular flexibility index (Phi) is 4.87. The zero-order chi connectivity index (χ0) is 14.4. The second kappa shape index (κ2) is 6.84. The van der Waals surface area contributed by atoms with E-state index in [2.05, 4.69) is 17.2 Å². The summed E-state index contributed by atoms with van der Waals surface area (Å²) in [6, 6.07) is 9.02. The normalized spacial score (nSPS) is 10.3. The zero-order valence-electron chi connectivity index (χ0n) is 11.2. The molecule has 5 heteroatoms. The van der Waals surface area contributed by atoms with Crippen LogP contribution in [0.15, 0.2) is 36.4 Å². The van der Waals surface area contributed by atoms with E-state index in [-0.39, 0.29) is 12.4 Å².